The van der Waals surface area contributed by atoms with E-state index in [0.29, 0.717) is 17.9 Å². The second-order valence-electron chi connectivity index (χ2n) is 5.00. The Morgan fingerprint density at radius 3 is 2.58 bits per heavy atom. The summed E-state index contributed by atoms with van der Waals surface area (Å²) < 4.78 is 0. The maximum absolute atomic E-state index is 9.12. The SMILES string of the molecule is C[C@@H](CO)C1CCCCC1(C)C. The van der Waals surface area contributed by atoms with Crippen molar-refractivity contribution >= 4 is 0 Å². The Balaban J connectivity index is 2.59. The maximum atomic E-state index is 9.12. The quantitative estimate of drug-likeness (QED) is 0.675. The van der Waals surface area contributed by atoms with Gasteiger partial charge in [0.05, 0.1) is 0 Å². The lowest BCUT2D eigenvalue weighted by Gasteiger charge is -2.41. The minimum absolute atomic E-state index is 0.355. The standard InChI is InChI=1S/C11H22O/c1-9(8-12)10-6-4-5-7-11(10,2)3/h9-10,12H,4-8H2,1-3H3/t9-,10?/m0/s1. The number of aliphatic hydroxyl groups is 1. The Hall–Kier alpha value is -0.0400. The molecule has 1 saturated carbocycles. The third kappa shape index (κ3) is 2.01. The van der Waals surface area contributed by atoms with Gasteiger partial charge in [-0.15, -0.1) is 0 Å². The number of hydrogen-bond acceptors (Lipinski definition) is 1. The van der Waals surface area contributed by atoms with Crippen molar-refractivity contribution in [3.05, 3.63) is 0 Å². The molecule has 0 aromatic rings. The fourth-order valence-corrected chi connectivity index (χ4v) is 2.70. The first-order valence-electron chi connectivity index (χ1n) is 5.19. The van der Waals surface area contributed by atoms with Crippen molar-refractivity contribution in [2.45, 2.75) is 46.5 Å². The van der Waals surface area contributed by atoms with E-state index < -0.39 is 0 Å². The van der Waals surface area contributed by atoms with Crippen molar-refractivity contribution in [1.29, 1.82) is 0 Å². The molecule has 0 aromatic heterocycles. The third-order valence-electron chi connectivity index (χ3n) is 3.56. The molecular formula is C11H22O. The van der Waals surface area contributed by atoms with Gasteiger partial charge in [0.25, 0.3) is 0 Å². The molecule has 2 atom stereocenters. The van der Waals surface area contributed by atoms with Crippen LogP contribution in [0.3, 0.4) is 0 Å². The fraction of sp³-hybridized carbons (Fsp3) is 1.00. The summed E-state index contributed by atoms with van der Waals surface area (Å²) in [6.45, 7) is 7.23. The molecule has 0 amide bonds. The van der Waals surface area contributed by atoms with Gasteiger partial charge in [-0.1, -0.05) is 33.6 Å². The first-order valence-corrected chi connectivity index (χ1v) is 5.19. The van der Waals surface area contributed by atoms with Gasteiger partial charge < -0.3 is 5.11 Å². The summed E-state index contributed by atoms with van der Waals surface area (Å²) in [5.74, 6) is 1.22. The first-order chi connectivity index (χ1) is 5.58. The molecule has 1 N–H and O–H groups in total. The van der Waals surface area contributed by atoms with Crippen molar-refractivity contribution in [1.82, 2.24) is 0 Å². The van der Waals surface area contributed by atoms with Gasteiger partial charge in [-0.25, -0.2) is 0 Å². The lowest BCUT2D eigenvalue weighted by Crippen LogP contribution is -2.33. The largest absolute Gasteiger partial charge is 0.396 e. The van der Waals surface area contributed by atoms with Crippen molar-refractivity contribution in [2.24, 2.45) is 17.3 Å². The minimum Gasteiger partial charge on any atom is -0.396 e. The van der Waals surface area contributed by atoms with E-state index in [-0.39, 0.29) is 0 Å². The molecule has 0 aliphatic heterocycles. The molecule has 1 rings (SSSR count). The van der Waals surface area contributed by atoms with Crippen LogP contribution in [0.15, 0.2) is 0 Å². The van der Waals surface area contributed by atoms with Gasteiger partial charge in [0.2, 0.25) is 0 Å². The second kappa shape index (κ2) is 3.78. The van der Waals surface area contributed by atoms with Gasteiger partial charge in [0.15, 0.2) is 0 Å². The fourth-order valence-electron chi connectivity index (χ4n) is 2.70. The summed E-state index contributed by atoms with van der Waals surface area (Å²) in [5, 5.41) is 9.12. The lowest BCUT2D eigenvalue weighted by atomic mass is 9.64. The molecule has 0 spiro atoms. The zero-order valence-electron chi connectivity index (χ0n) is 8.64. The average molecular weight is 170 g/mol. The third-order valence-corrected chi connectivity index (χ3v) is 3.56. The van der Waals surface area contributed by atoms with Crippen LogP contribution < -0.4 is 0 Å². The van der Waals surface area contributed by atoms with E-state index in [9.17, 15) is 0 Å². The van der Waals surface area contributed by atoms with Gasteiger partial charge in [-0.2, -0.15) is 0 Å². The Morgan fingerprint density at radius 1 is 1.42 bits per heavy atom. The molecule has 1 fully saturated rings. The minimum atomic E-state index is 0.355. The van der Waals surface area contributed by atoms with Gasteiger partial charge in [0, 0.05) is 6.61 Å². The predicted octanol–water partition coefficient (Wildman–Crippen LogP) is 2.83. The smallest absolute Gasteiger partial charge is 0.0459 e. The number of hydrogen-bond donors (Lipinski definition) is 1. The summed E-state index contributed by atoms with van der Waals surface area (Å²) in [4.78, 5) is 0. The van der Waals surface area contributed by atoms with Crippen molar-refractivity contribution < 1.29 is 5.11 Å². The molecule has 72 valence electrons. The Morgan fingerprint density at radius 2 is 2.08 bits per heavy atom. The molecule has 1 unspecified atom stereocenters. The molecule has 1 aliphatic rings. The van der Waals surface area contributed by atoms with E-state index in [1.54, 1.807) is 0 Å². The van der Waals surface area contributed by atoms with E-state index >= 15 is 0 Å². The summed E-state index contributed by atoms with van der Waals surface area (Å²) in [7, 11) is 0. The van der Waals surface area contributed by atoms with Crippen molar-refractivity contribution in [3.8, 4) is 0 Å². The summed E-state index contributed by atoms with van der Waals surface area (Å²) in [6, 6.07) is 0. The van der Waals surface area contributed by atoms with Crippen LogP contribution in [0.1, 0.15) is 46.5 Å². The highest BCUT2D eigenvalue weighted by Crippen LogP contribution is 2.44. The molecule has 0 aromatic carbocycles. The second-order valence-corrected chi connectivity index (χ2v) is 5.00. The average Bonchev–Trinajstić information content (AvgIpc) is 2.02. The van der Waals surface area contributed by atoms with Crippen LogP contribution in [0.25, 0.3) is 0 Å². The maximum Gasteiger partial charge on any atom is 0.0459 e. The van der Waals surface area contributed by atoms with Crippen molar-refractivity contribution in [3.63, 3.8) is 0 Å². The highest BCUT2D eigenvalue weighted by molar-refractivity contribution is 4.85. The Bertz CT molecular complexity index is 140. The predicted molar refractivity (Wildman–Crippen MR) is 52.0 cm³/mol. The first kappa shape index (κ1) is 10.0. The zero-order valence-corrected chi connectivity index (χ0v) is 8.64. The summed E-state index contributed by atoms with van der Waals surface area (Å²) >= 11 is 0. The van der Waals surface area contributed by atoms with Crippen LogP contribution in [0.4, 0.5) is 0 Å². The molecular weight excluding hydrogens is 148 g/mol. The molecule has 1 heteroatoms. The Labute approximate surface area is 76.2 Å². The van der Waals surface area contributed by atoms with Gasteiger partial charge in [0.1, 0.15) is 0 Å². The highest BCUT2D eigenvalue weighted by Gasteiger charge is 2.34. The molecule has 0 bridgehead atoms. The summed E-state index contributed by atoms with van der Waals surface area (Å²) in [6.07, 6.45) is 5.39. The van der Waals surface area contributed by atoms with Crippen LogP contribution in [0.2, 0.25) is 0 Å². The molecule has 1 nitrogen and oxygen atoms in total. The van der Waals surface area contributed by atoms with E-state index in [2.05, 4.69) is 20.8 Å². The van der Waals surface area contributed by atoms with Crippen LogP contribution in [0, 0.1) is 17.3 Å². The topological polar surface area (TPSA) is 20.2 Å². The van der Waals surface area contributed by atoms with Gasteiger partial charge in [-0.3, -0.25) is 0 Å². The van der Waals surface area contributed by atoms with E-state index in [1.807, 2.05) is 0 Å². The number of aliphatic hydroxyl groups excluding tert-OH is 1. The monoisotopic (exact) mass is 170 g/mol. The molecule has 1 aliphatic carbocycles. The van der Waals surface area contributed by atoms with Crippen LogP contribution >= 0.6 is 0 Å². The van der Waals surface area contributed by atoms with Crippen LogP contribution in [0.5, 0.6) is 0 Å². The van der Waals surface area contributed by atoms with E-state index in [4.69, 9.17) is 5.11 Å². The van der Waals surface area contributed by atoms with E-state index in [0.717, 1.165) is 5.92 Å². The summed E-state index contributed by atoms with van der Waals surface area (Å²) in [5.41, 5.74) is 0.459. The highest BCUT2D eigenvalue weighted by atomic mass is 16.3. The molecule has 0 saturated heterocycles. The Kier molecular flexibility index (Phi) is 3.16. The van der Waals surface area contributed by atoms with Crippen molar-refractivity contribution in [2.75, 3.05) is 6.61 Å². The zero-order chi connectivity index (χ0) is 9.19. The van der Waals surface area contributed by atoms with Gasteiger partial charge in [-0.05, 0) is 30.1 Å². The molecule has 0 heterocycles. The number of rotatable bonds is 2. The normalized spacial score (nSPS) is 31.5. The van der Waals surface area contributed by atoms with Gasteiger partial charge >= 0.3 is 0 Å². The van der Waals surface area contributed by atoms with E-state index in [1.165, 1.54) is 25.7 Å². The molecule has 0 radical (unpaired) electrons. The van der Waals surface area contributed by atoms with Crippen LogP contribution in [-0.2, 0) is 0 Å². The lowest BCUT2D eigenvalue weighted by molar-refractivity contribution is 0.0569. The molecule has 12 heavy (non-hydrogen) atoms. The van der Waals surface area contributed by atoms with Crippen LogP contribution in [-0.4, -0.2) is 11.7 Å².